The van der Waals surface area contributed by atoms with Gasteiger partial charge in [0.1, 0.15) is 12.2 Å². The van der Waals surface area contributed by atoms with Crippen LogP contribution in [-0.2, 0) is 0 Å². The Bertz CT molecular complexity index is 1600. The van der Waals surface area contributed by atoms with Crippen LogP contribution in [0.3, 0.4) is 0 Å². The van der Waals surface area contributed by atoms with Crippen molar-refractivity contribution in [2.24, 2.45) is 10.2 Å². The molecule has 0 saturated heterocycles. The normalized spacial score (nSPS) is 11.4. The van der Waals surface area contributed by atoms with Gasteiger partial charge >= 0.3 is 5.97 Å². The van der Waals surface area contributed by atoms with E-state index in [0.29, 0.717) is 22.5 Å². The van der Waals surface area contributed by atoms with Crippen molar-refractivity contribution in [1.29, 1.82) is 0 Å². The molecule has 0 radical (unpaired) electrons. The zero-order valence-corrected chi connectivity index (χ0v) is 23.6. The maximum Gasteiger partial charge on any atom is 0.335 e. The summed E-state index contributed by atoms with van der Waals surface area (Å²) in [6, 6.07) is 16.8. The van der Waals surface area contributed by atoms with Crippen molar-refractivity contribution in [3.8, 4) is 22.6 Å². The zero-order chi connectivity index (χ0) is 29.6. The van der Waals surface area contributed by atoms with Crippen LogP contribution in [0.4, 0.5) is 11.4 Å². The third kappa shape index (κ3) is 7.31. The quantitative estimate of drug-likeness (QED) is 0.185. The number of aryl methyl sites for hydroxylation is 3. The number of nitrogens with one attached hydrogen (secondary N) is 1. The lowest BCUT2D eigenvalue weighted by atomic mass is 10.0. The number of phenols is 1. The summed E-state index contributed by atoms with van der Waals surface area (Å²) in [7, 11) is 6.16. The minimum absolute atomic E-state index is 0.105. The number of aromatic hydroxyl groups is 1. The molecule has 3 aromatic carbocycles. The van der Waals surface area contributed by atoms with E-state index in [-0.39, 0.29) is 34.9 Å². The number of aromatic carboxylic acids is 1. The van der Waals surface area contributed by atoms with E-state index in [1.54, 1.807) is 37.3 Å². The molecule has 0 bridgehead atoms. The number of hydrogen-bond donors (Lipinski definition) is 4. The van der Waals surface area contributed by atoms with E-state index >= 15 is 0 Å². The number of benzene rings is 3. The molecular formula is C30H36N5O5+. The number of rotatable bonds is 7. The van der Waals surface area contributed by atoms with Gasteiger partial charge in [0.05, 0.1) is 44.7 Å². The summed E-state index contributed by atoms with van der Waals surface area (Å²) in [5.74, 6) is -1.22. The van der Waals surface area contributed by atoms with Gasteiger partial charge in [-0.15, -0.1) is 10.2 Å². The third-order valence-corrected chi connectivity index (χ3v) is 6.25. The molecule has 1 aromatic heterocycles. The maximum absolute atomic E-state index is 12.9. The van der Waals surface area contributed by atoms with Crippen LogP contribution in [0.5, 0.6) is 5.75 Å². The van der Waals surface area contributed by atoms with Crippen LogP contribution in [-0.4, -0.2) is 69.8 Å². The molecular weight excluding hydrogens is 510 g/mol. The SMILES string of the molecule is C[N+](C)(C)CCO.Cc1ccc(-n2[nH]c(C)c(N=Nc3cccc(-c4cccc(C(=O)O)c4)c3O)c2=O)cc1C. The number of para-hydroxylation sites is 1. The zero-order valence-electron chi connectivity index (χ0n) is 23.6. The number of aliphatic hydroxyl groups is 1. The molecule has 0 aliphatic rings. The minimum atomic E-state index is -1.06. The summed E-state index contributed by atoms with van der Waals surface area (Å²) in [4.78, 5) is 24.2. The lowest BCUT2D eigenvalue weighted by Gasteiger charge is -2.21. The molecule has 0 saturated carbocycles. The van der Waals surface area contributed by atoms with E-state index in [9.17, 15) is 19.8 Å². The number of H-pyrrole nitrogens is 1. The van der Waals surface area contributed by atoms with Gasteiger partial charge in [0, 0.05) is 5.56 Å². The second kappa shape index (κ2) is 12.5. The summed E-state index contributed by atoms with van der Waals surface area (Å²) in [6.45, 7) is 6.81. The average molecular weight is 547 g/mol. The second-order valence-electron chi connectivity index (χ2n) is 10.5. The van der Waals surface area contributed by atoms with Crippen LogP contribution in [0.1, 0.15) is 27.2 Å². The van der Waals surface area contributed by atoms with Crippen LogP contribution in [0.25, 0.3) is 16.8 Å². The molecule has 4 N–H and O–H groups in total. The van der Waals surface area contributed by atoms with Gasteiger partial charge < -0.3 is 19.8 Å². The van der Waals surface area contributed by atoms with Crippen molar-refractivity contribution >= 4 is 17.3 Å². The number of azo groups is 1. The summed E-state index contributed by atoms with van der Waals surface area (Å²) in [6.07, 6.45) is 0. The molecule has 210 valence electrons. The topological polar surface area (TPSA) is 140 Å². The van der Waals surface area contributed by atoms with Crippen molar-refractivity contribution in [1.82, 2.24) is 9.78 Å². The van der Waals surface area contributed by atoms with Gasteiger partial charge in [-0.3, -0.25) is 9.89 Å². The monoisotopic (exact) mass is 546 g/mol. The first-order chi connectivity index (χ1) is 18.8. The van der Waals surface area contributed by atoms with Crippen molar-refractivity contribution in [2.75, 3.05) is 34.3 Å². The molecule has 0 amide bonds. The molecule has 4 aromatic rings. The lowest BCUT2D eigenvalue weighted by Crippen LogP contribution is -2.36. The highest BCUT2D eigenvalue weighted by atomic mass is 16.4. The van der Waals surface area contributed by atoms with Gasteiger partial charge in [-0.25, -0.2) is 9.48 Å². The van der Waals surface area contributed by atoms with Gasteiger partial charge in [-0.1, -0.05) is 30.3 Å². The molecule has 0 atom stereocenters. The molecule has 4 rings (SSSR count). The van der Waals surface area contributed by atoms with Crippen LogP contribution < -0.4 is 5.56 Å². The van der Waals surface area contributed by atoms with Gasteiger partial charge in [0.2, 0.25) is 0 Å². The van der Waals surface area contributed by atoms with Crippen LogP contribution in [0.2, 0.25) is 0 Å². The number of nitrogens with zero attached hydrogens (tertiary/aromatic N) is 4. The largest absolute Gasteiger partial charge is 0.505 e. The van der Waals surface area contributed by atoms with E-state index in [1.807, 2.05) is 32.0 Å². The predicted molar refractivity (Wildman–Crippen MR) is 155 cm³/mol. The van der Waals surface area contributed by atoms with E-state index in [0.717, 1.165) is 22.2 Å². The highest BCUT2D eigenvalue weighted by Gasteiger charge is 2.15. The predicted octanol–water partition coefficient (Wildman–Crippen LogP) is 5.26. The van der Waals surface area contributed by atoms with Gasteiger partial charge in [0.25, 0.3) is 5.56 Å². The smallest absolute Gasteiger partial charge is 0.335 e. The summed E-state index contributed by atoms with van der Waals surface area (Å²) < 4.78 is 2.25. The Morgan fingerprint density at radius 3 is 2.25 bits per heavy atom. The third-order valence-electron chi connectivity index (χ3n) is 6.25. The maximum atomic E-state index is 12.9. The Kier molecular flexibility index (Phi) is 9.41. The standard InChI is InChI=1S/C25H22N4O4.C5H14NO/c1-14-10-11-19(12-15(14)2)29-24(31)22(16(3)28-29)27-26-21-9-5-8-20(23(21)30)17-6-4-7-18(13-17)25(32)33;1-6(2,3)4-5-7/h4-13,28,30H,1-3H3,(H,32,33);7H,4-5H2,1-3H3/q;+1. The van der Waals surface area contributed by atoms with E-state index in [4.69, 9.17) is 5.11 Å². The first-order valence-electron chi connectivity index (χ1n) is 12.7. The molecule has 10 heteroatoms. The first-order valence-corrected chi connectivity index (χ1v) is 12.7. The molecule has 0 fully saturated rings. The fourth-order valence-corrected chi connectivity index (χ4v) is 3.77. The molecule has 0 unspecified atom stereocenters. The average Bonchev–Trinajstić information content (AvgIpc) is 3.17. The fourth-order valence-electron chi connectivity index (χ4n) is 3.77. The number of aromatic amines is 1. The van der Waals surface area contributed by atoms with Gasteiger partial charge in [-0.2, -0.15) is 0 Å². The molecule has 0 aliphatic carbocycles. The Morgan fingerprint density at radius 2 is 1.65 bits per heavy atom. The molecule has 40 heavy (non-hydrogen) atoms. The number of phenolic OH excluding ortho intramolecular Hbond substituents is 1. The van der Waals surface area contributed by atoms with Gasteiger partial charge in [0.15, 0.2) is 11.4 Å². The molecule has 10 nitrogen and oxygen atoms in total. The van der Waals surface area contributed by atoms with Crippen LogP contribution >= 0.6 is 0 Å². The van der Waals surface area contributed by atoms with E-state index < -0.39 is 5.97 Å². The van der Waals surface area contributed by atoms with E-state index in [1.165, 1.54) is 16.8 Å². The highest BCUT2D eigenvalue weighted by Crippen LogP contribution is 2.38. The van der Waals surface area contributed by atoms with Crippen molar-refractivity contribution < 1.29 is 24.6 Å². The first kappa shape index (κ1) is 30.0. The molecule has 0 aliphatic heterocycles. The number of carboxylic acid groups (broad SMARTS) is 1. The van der Waals surface area contributed by atoms with Crippen LogP contribution in [0.15, 0.2) is 75.7 Å². The lowest BCUT2D eigenvalue weighted by molar-refractivity contribution is -0.870. The Balaban J connectivity index is 0.000000559. The van der Waals surface area contributed by atoms with Crippen molar-refractivity contribution in [3.63, 3.8) is 0 Å². The van der Waals surface area contributed by atoms with Crippen molar-refractivity contribution in [3.05, 3.63) is 93.4 Å². The number of quaternary nitrogens is 1. The van der Waals surface area contributed by atoms with Crippen LogP contribution in [0, 0.1) is 20.8 Å². The van der Waals surface area contributed by atoms with Gasteiger partial charge in [-0.05, 0) is 67.8 Å². The molecule has 1 heterocycles. The number of aromatic nitrogens is 2. The highest BCUT2D eigenvalue weighted by molar-refractivity contribution is 5.90. The number of carboxylic acids is 1. The number of carbonyl (C=O) groups is 1. The number of hydrogen-bond acceptors (Lipinski definition) is 6. The Labute approximate surface area is 233 Å². The molecule has 0 spiro atoms. The number of aliphatic hydroxyl groups excluding tert-OH is 1. The summed E-state index contributed by atoms with van der Waals surface area (Å²) >= 11 is 0. The Morgan fingerprint density at radius 1 is 0.950 bits per heavy atom. The minimum Gasteiger partial charge on any atom is -0.505 e. The second-order valence-corrected chi connectivity index (χ2v) is 10.5. The summed E-state index contributed by atoms with van der Waals surface area (Å²) in [5, 5.41) is 39.6. The summed E-state index contributed by atoms with van der Waals surface area (Å²) in [5.41, 5.74) is 4.38. The Hall–Kier alpha value is -4.54. The van der Waals surface area contributed by atoms with E-state index in [2.05, 4.69) is 36.5 Å². The fraction of sp³-hybridized carbons (Fsp3) is 0.267. The van der Waals surface area contributed by atoms with Crippen molar-refractivity contribution in [2.45, 2.75) is 20.8 Å². The number of likely N-dealkylation sites (N-methyl/N-ethyl adjacent to an activating group) is 1.